The number of carbonyl (C=O) groups is 1. The van der Waals surface area contributed by atoms with Crippen LogP contribution >= 0.6 is 23.1 Å². The lowest BCUT2D eigenvalue weighted by molar-refractivity contribution is -0.145. The fourth-order valence-corrected chi connectivity index (χ4v) is 5.28. The molecule has 0 atom stereocenters. The zero-order valence-corrected chi connectivity index (χ0v) is 19.6. The van der Waals surface area contributed by atoms with Gasteiger partial charge in [0.1, 0.15) is 5.75 Å². The Hall–Kier alpha value is -2.19. The maximum Gasteiger partial charge on any atom is 0.416 e. The molecule has 0 N–H and O–H groups in total. The third-order valence-electron chi connectivity index (χ3n) is 4.80. The average Bonchev–Trinajstić information content (AvgIpc) is 3.17. The zero-order chi connectivity index (χ0) is 23.1. The van der Waals surface area contributed by atoms with Crippen LogP contribution in [0.2, 0.25) is 0 Å². The first-order chi connectivity index (χ1) is 15.3. The van der Waals surface area contributed by atoms with Gasteiger partial charge in [0.25, 0.3) is 0 Å². The Labute approximate surface area is 193 Å². The van der Waals surface area contributed by atoms with E-state index in [1.165, 1.54) is 17.4 Å². The summed E-state index contributed by atoms with van der Waals surface area (Å²) in [5.74, 6) is 1.20. The van der Waals surface area contributed by atoms with Crippen LogP contribution < -0.4 is 4.74 Å². The second-order valence-corrected chi connectivity index (χ2v) is 9.47. The molecular formula is C24H25F3O3S2. The van der Waals surface area contributed by atoms with Crippen LogP contribution in [0.3, 0.4) is 0 Å². The molecule has 0 radical (unpaired) electrons. The second kappa shape index (κ2) is 11.1. The number of ether oxygens (including phenoxy) is 2. The SMILES string of the molecule is CCOC(=O)COc1ccc(SCCCc2cc3ccc(C(F)(F)F)cc3s2)cc1CC. The molecule has 0 fully saturated rings. The number of alkyl halides is 3. The Balaban J connectivity index is 1.52. The van der Waals surface area contributed by atoms with Gasteiger partial charge in [-0.05, 0) is 79.3 Å². The molecule has 0 spiro atoms. The highest BCUT2D eigenvalue weighted by atomic mass is 32.2. The first kappa shape index (κ1) is 24.5. The van der Waals surface area contributed by atoms with Crippen molar-refractivity contribution >= 4 is 39.2 Å². The molecule has 0 saturated carbocycles. The van der Waals surface area contributed by atoms with E-state index >= 15 is 0 Å². The van der Waals surface area contributed by atoms with Gasteiger partial charge < -0.3 is 9.47 Å². The van der Waals surface area contributed by atoms with E-state index in [0.717, 1.165) is 51.8 Å². The zero-order valence-electron chi connectivity index (χ0n) is 18.0. The molecule has 0 aliphatic carbocycles. The van der Waals surface area contributed by atoms with E-state index in [9.17, 15) is 18.0 Å². The van der Waals surface area contributed by atoms with Gasteiger partial charge in [-0.25, -0.2) is 4.79 Å². The van der Waals surface area contributed by atoms with Gasteiger partial charge in [-0.15, -0.1) is 23.1 Å². The van der Waals surface area contributed by atoms with Gasteiger partial charge in [0, 0.05) is 14.5 Å². The minimum Gasteiger partial charge on any atom is -0.482 e. The van der Waals surface area contributed by atoms with E-state index in [1.54, 1.807) is 24.8 Å². The Morgan fingerprint density at radius 2 is 1.91 bits per heavy atom. The molecule has 1 aromatic heterocycles. The summed E-state index contributed by atoms with van der Waals surface area (Å²) in [6.45, 7) is 4.01. The summed E-state index contributed by atoms with van der Waals surface area (Å²) in [6, 6.07) is 11.8. The lowest BCUT2D eigenvalue weighted by Crippen LogP contribution is -2.15. The number of rotatable bonds is 10. The summed E-state index contributed by atoms with van der Waals surface area (Å²) in [5, 5.41) is 0.858. The van der Waals surface area contributed by atoms with Crippen molar-refractivity contribution in [3.8, 4) is 5.75 Å². The smallest absolute Gasteiger partial charge is 0.416 e. The number of carbonyl (C=O) groups excluding carboxylic acids is 1. The van der Waals surface area contributed by atoms with Gasteiger partial charge in [-0.3, -0.25) is 0 Å². The Morgan fingerprint density at radius 3 is 2.62 bits per heavy atom. The van der Waals surface area contributed by atoms with E-state index in [-0.39, 0.29) is 12.6 Å². The van der Waals surface area contributed by atoms with E-state index in [0.29, 0.717) is 17.1 Å². The number of thiophene rings is 1. The van der Waals surface area contributed by atoms with Crippen LogP contribution in [0, 0.1) is 0 Å². The Morgan fingerprint density at radius 1 is 1.09 bits per heavy atom. The predicted octanol–water partition coefficient (Wildman–Crippen LogP) is 7.15. The van der Waals surface area contributed by atoms with Crippen LogP contribution in [0.15, 0.2) is 47.4 Å². The molecule has 0 unspecified atom stereocenters. The van der Waals surface area contributed by atoms with Crippen LogP contribution in [0.25, 0.3) is 10.1 Å². The number of hydrogen-bond acceptors (Lipinski definition) is 5. The number of benzene rings is 2. The van der Waals surface area contributed by atoms with Crippen molar-refractivity contribution in [2.75, 3.05) is 19.0 Å². The topological polar surface area (TPSA) is 35.5 Å². The second-order valence-electron chi connectivity index (χ2n) is 7.13. The van der Waals surface area contributed by atoms with E-state index < -0.39 is 11.7 Å². The largest absolute Gasteiger partial charge is 0.482 e. The summed E-state index contributed by atoms with van der Waals surface area (Å²) in [5.41, 5.74) is 0.430. The first-order valence-electron chi connectivity index (χ1n) is 10.4. The number of fused-ring (bicyclic) bond motifs is 1. The third kappa shape index (κ3) is 6.65. The Kier molecular flexibility index (Phi) is 8.48. The normalized spacial score (nSPS) is 11.7. The highest BCUT2D eigenvalue weighted by Crippen LogP contribution is 2.35. The van der Waals surface area contributed by atoms with Crippen molar-refractivity contribution in [2.24, 2.45) is 0 Å². The molecule has 0 aliphatic rings. The lowest BCUT2D eigenvalue weighted by atomic mass is 10.1. The molecule has 0 amide bonds. The summed E-state index contributed by atoms with van der Waals surface area (Å²) in [6.07, 6.45) is -1.78. The Bertz CT molecular complexity index is 1060. The van der Waals surface area contributed by atoms with Crippen molar-refractivity contribution in [3.05, 3.63) is 58.5 Å². The number of esters is 1. The summed E-state index contributed by atoms with van der Waals surface area (Å²) in [7, 11) is 0. The highest BCUT2D eigenvalue weighted by Gasteiger charge is 2.30. The monoisotopic (exact) mass is 482 g/mol. The molecule has 3 nitrogen and oxygen atoms in total. The van der Waals surface area contributed by atoms with Gasteiger partial charge in [0.05, 0.1) is 12.2 Å². The molecule has 3 aromatic rings. The number of aryl methyl sites for hydroxylation is 2. The standard InChI is InChI=1S/C24H25F3O3S2/c1-3-16-12-19(9-10-21(16)30-15-23(28)29-4-2)31-11-5-6-20-13-17-7-8-18(24(25,26)27)14-22(17)32-20/h7-10,12-14H,3-6,11,15H2,1-2H3. The molecule has 8 heteroatoms. The van der Waals surface area contributed by atoms with Crippen molar-refractivity contribution in [3.63, 3.8) is 0 Å². The molecule has 1 heterocycles. The van der Waals surface area contributed by atoms with Crippen LogP contribution in [-0.2, 0) is 28.5 Å². The summed E-state index contributed by atoms with van der Waals surface area (Å²) >= 11 is 3.16. The maximum atomic E-state index is 12.9. The molecule has 0 saturated heterocycles. The minimum absolute atomic E-state index is 0.104. The summed E-state index contributed by atoms with van der Waals surface area (Å²) < 4.78 is 49.8. The van der Waals surface area contributed by atoms with Gasteiger partial charge in [0.15, 0.2) is 6.61 Å². The van der Waals surface area contributed by atoms with Crippen LogP contribution in [0.5, 0.6) is 5.75 Å². The van der Waals surface area contributed by atoms with E-state index in [2.05, 4.69) is 6.07 Å². The molecule has 2 aromatic carbocycles. The molecule has 32 heavy (non-hydrogen) atoms. The van der Waals surface area contributed by atoms with Crippen molar-refractivity contribution < 1.29 is 27.4 Å². The lowest BCUT2D eigenvalue weighted by Gasteiger charge is -2.11. The van der Waals surface area contributed by atoms with E-state index in [1.807, 2.05) is 25.1 Å². The molecular weight excluding hydrogens is 457 g/mol. The van der Waals surface area contributed by atoms with Crippen LogP contribution in [-0.4, -0.2) is 24.9 Å². The third-order valence-corrected chi connectivity index (χ3v) is 7.04. The van der Waals surface area contributed by atoms with Gasteiger partial charge in [-0.1, -0.05) is 13.0 Å². The highest BCUT2D eigenvalue weighted by molar-refractivity contribution is 7.99. The fraction of sp³-hybridized carbons (Fsp3) is 0.375. The molecule has 3 rings (SSSR count). The summed E-state index contributed by atoms with van der Waals surface area (Å²) in [4.78, 5) is 13.7. The van der Waals surface area contributed by atoms with Crippen molar-refractivity contribution in [1.82, 2.24) is 0 Å². The van der Waals surface area contributed by atoms with Gasteiger partial charge in [0.2, 0.25) is 0 Å². The molecule has 0 aliphatic heterocycles. The van der Waals surface area contributed by atoms with Crippen LogP contribution in [0.1, 0.15) is 36.3 Å². The number of halogens is 3. The minimum atomic E-state index is -4.31. The predicted molar refractivity (Wildman–Crippen MR) is 124 cm³/mol. The van der Waals surface area contributed by atoms with E-state index in [4.69, 9.17) is 9.47 Å². The van der Waals surface area contributed by atoms with Crippen LogP contribution in [0.4, 0.5) is 13.2 Å². The molecule has 172 valence electrons. The van der Waals surface area contributed by atoms with Crippen molar-refractivity contribution in [2.45, 2.75) is 44.2 Å². The fourth-order valence-electron chi connectivity index (χ4n) is 3.22. The first-order valence-corrected chi connectivity index (χ1v) is 12.2. The quantitative estimate of drug-likeness (QED) is 0.175. The van der Waals surface area contributed by atoms with Gasteiger partial charge in [-0.2, -0.15) is 13.2 Å². The van der Waals surface area contributed by atoms with Gasteiger partial charge >= 0.3 is 12.1 Å². The number of thioether (sulfide) groups is 1. The number of hydrogen-bond donors (Lipinski definition) is 0. The maximum absolute atomic E-state index is 12.9. The molecule has 0 bridgehead atoms. The van der Waals surface area contributed by atoms with Crippen molar-refractivity contribution in [1.29, 1.82) is 0 Å². The average molecular weight is 483 g/mol.